The van der Waals surface area contributed by atoms with Gasteiger partial charge in [-0.05, 0) is 103 Å². The van der Waals surface area contributed by atoms with Gasteiger partial charge in [0.1, 0.15) is 37.3 Å². The third kappa shape index (κ3) is 12.3. The molecule has 0 unspecified atom stereocenters. The number of fused-ring (bicyclic) bond motifs is 2. The van der Waals surface area contributed by atoms with Crippen LogP contribution in [-0.4, -0.2) is 96.3 Å². The van der Waals surface area contributed by atoms with Gasteiger partial charge in [0, 0.05) is 25.9 Å². The molecule has 6 rings (SSSR count). The van der Waals surface area contributed by atoms with E-state index in [9.17, 15) is 30.0 Å². The largest absolute Gasteiger partial charge is 0.394 e. The number of allylic oxidation sites excluding steroid dienone is 8. The molecule has 16 heteroatoms. The third-order valence-corrected chi connectivity index (χ3v) is 14.4. The summed E-state index contributed by atoms with van der Waals surface area (Å²) in [4.78, 5) is 44.0. The molecule has 4 aromatic heterocycles. The Morgan fingerprint density at radius 2 is 0.985 bits per heavy atom. The average Bonchev–Trinajstić information content (AvgIpc) is 4.08. The summed E-state index contributed by atoms with van der Waals surface area (Å²) in [5.74, 6) is 0. The minimum atomic E-state index is -0.788. The van der Waals surface area contributed by atoms with Crippen LogP contribution in [0.2, 0.25) is 0 Å². The SMILES string of the molecule is C/C(=C\Cn1cnc2c(ncn2[C@H]2C[C@@H](O)[C@@H](CO)O2)c1=O)CC/C=C(\C)CCCC(C)(C)C(C)(C)CCC/C(C)=C/CC/C(C)=C/Cn1cnc2c(ncn2[C@H]2C[C@@H](O)[C@@H](CO)O2)c1=O. The van der Waals surface area contributed by atoms with Crippen LogP contribution in [0.3, 0.4) is 0 Å². The number of imidazole rings is 2. The molecule has 2 aliphatic rings. The minimum absolute atomic E-state index is 0.204. The third-order valence-electron chi connectivity index (χ3n) is 14.4. The Morgan fingerprint density at radius 1 is 0.606 bits per heavy atom. The van der Waals surface area contributed by atoms with Gasteiger partial charge in [-0.1, -0.05) is 74.3 Å². The van der Waals surface area contributed by atoms with Gasteiger partial charge < -0.3 is 29.9 Å². The van der Waals surface area contributed by atoms with Crippen molar-refractivity contribution in [3.63, 3.8) is 0 Å². The molecule has 4 N–H and O–H groups in total. The highest BCUT2D eigenvalue weighted by atomic mass is 16.5. The lowest BCUT2D eigenvalue weighted by molar-refractivity contribution is -0.0432. The van der Waals surface area contributed by atoms with Crippen LogP contribution in [0.1, 0.15) is 145 Å². The minimum Gasteiger partial charge on any atom is -0.394 e. The fraction of sp³-hybridized carbons (Fsp3) is 0.640. The Kier molecular flexibility index (Phi) is 17.3. The number of ether oxygens (including phenoxy) is 2. The predicted octanol–water partition coefficient (Wildman–Crippen LogP) is 7.22. The maximum absolute atomic E-state index is 13.2. The summed E-state index contributed by atoms with van der Waals surface area (Å²) in [5.41, 5.74) is 6.52. The molecule has 2 fully saturated rings. The highest BCUT2D eigenvalue weighted by Crippen LogP contribution is 2.46. The van der Waals surface area contributed by atoms with E-state index >= 15 is 0 Å². The summed E-state index contributed by atoms with van der Waals surface area (Å²) < 4.78 is 17.9. The zero-order valence-corrected chi connectivity index (χ0v) is 40.4. The number of aliphatic hydroxyl groups excluding tert-OH is 4. The topological polar surface area (TPSA) is 205 Å². The molecule has 0 aromatic carbocycles. The molecule has 0 aliphatic carbocycles. The van der Waals surface area contributed by atoms with Gasteiger partial charge in [0.2, 0.25) is 0 Å². The Hall–Kier alpha value is -4.58. The zero-order chi connectivity index (χ0) is 47.8. The van der Waals surface area contributed by atoms with E-state index < -0.39 is 36.9 Å². The van der Waals surface area contributed by atoms with Crippen molar-refractivity contribution >= 4 is 22.3 Å². The summed E-state index contributed by atoms with van der Waals surface area (Å²) in [6.45, 7) is 18.6. The van der Waals surface area contributed by atoms with Gasteiger partial charge in [-0.15, -0.1) is 0 Å². The summed E-state index contributed by atoms with van der Waals surface area (Å²) in [7, 11) is 0. The standard InChI is InChI=1S/C50H74N8O8/c1-33(13-9-15-35(3)19-23-55-29-53-45-43(47(55)63)51-31-57(45)41-25-37(61)39(27-59)65-41)17-11-21-49(5,6)50(7,8)22-12-18-34(2)14-10-16-36(4)20-24-56-30-54-46-44(48(56)64)52-32-58(46)42-26-38(62)40(28-60)66-42/h13-14,19-20,29-32,37-42,59-62H,9-12,15-18,21-28H2,1-8H3/b33-13+,34-14+,35-19+,36-20+/t37-,38-,39-,40-,41-,42-/m1/s1. The molecule has 2 aliphatic heterocycles. The fourth-order valence-electron chi connectivity index (χ4n) is 8.98. The highest BCUT2D eigenvalue weighted by molar-refractivity contribution is 5.69. The van der Waals surface area contributed by atoms with E-state index in [2.05, 4.69) is 99.6 Å². The summed E-state index contributed by atoms with van der Waals surface area (Å²) in [6.07, 6.45) is 22.1. The molecule has 0 radical (unpaired) electrons. The van der Waals surface area contributed by atoms with E-state index in [1.807, 2.05) is 0 Å². The Balaban J connectivity index is 0.872. The quantitative estimate of drug-likeness (QED) is 0.0545. The molecule has 66 heavy (non-hydrogen) atoms. The van der Waals surface area contributed by atoms with Gasteiger partial charge >= 0.3 is 0 Å². The predicted molar refractivity (Wildman–Crippen MR) is 256 cm³/mol. The van der Waals surface area contributed by atoms with Gasteiger partial charge in [0.15, 0.2) is 22.3 Å². The van der Waals surface area contributed by atoms with E-state index in [0.717, 1.165) is 51.4 Å². The summed E-state index contributed by atoms with van der Waals surface area (Å²) in [5, 5.41) is 39.1. The second kappa shape index (κ2) is 22.5. The molecule has 0 amide bonds. The second-order valence-electron chi connectivity index (χ2n) is 20.0. The maximum Gasteiger partial charge on any atom is 0.281 e. The molecular weight excluding hydrogens is 841 g/mol. The molecular formula is C50H74N8O8. The summed E-state index contributed by atoms with van der Waals surface area (Å²) in [6, 6.07) is 0. The molecule has 6 heterocycles. The van der Waals surface area contributed by atoms with Crippen molar-refractivity contribution in [1.29, 1.82) is 0 Å². The second-order valence-corrected chi connectivity index (χ2v) is 20.0. The molecule has 16 nitrogen and oxygen atoms in total. The average molecular weight is 915 g/mol. The van der Waals surface area contributed by atoms with Crippen molar-refractivity contribution in [2.45, 2.75) is 182 Å². The van der Waals surface area contributed by atoms with Crippen molar-refractivity contribution in [3.8, 4) is 0 Å². The van der Waals surface area contributed by atoms with Gasteiger partial charge in [0.05, 0.1) is 38.1 Å². The normalized spacial score (nSPS) is 22.7. The number of hydrogen-bond donors (Lipinski definition) is 4. The number of aromatic nitrogens is 8. The van der Waals surface area contributed by atoms with Crippen molar-refractivity contribution in [3.05, 3.63) is 92.6 Å². The van der Waals surface area contributed by atoms with Crippen LogP contribution < -0.4 is 11.1 Å². The lowest BCUT2D eigenvalue weighted by Crippen LogP contribution is -2.32. The number of nitrogens with zero attached hydrogens (tertiary/aromatic N) is 8. The van der Waals surface area contributed by atoms with Crippen molar-refractivity contribution in [2.75, 3.05) is 13.2 Å². The number of rotatable bonds is 23. The first kappa shape index (κ1) is 50.8. The van der Waals surface area contributed by atoms with Crippen LogP contribution in [0.25, 0.3) is 22.3 Å². The first-order valence-corrected chi connectivity index (χ1v) is 23.8. The lowest BCUT2D eigenvalue weighted by Gasteiger charge is -2.42. The van der Waals surface area contributed by atoms with E-state index in [4.69, 9.17) is 9.47 Å². The molecule has 0 spiro atoms. The number of aliphatic hydroxyl groups is 4. The maximum atomic E-state index is 13.2. The zero-order valence-electron chi connectivity index (χ0n) is 40.4. The Morgan fingerprint density at radius 3 is 1.35 bits per heavy atom. The van der Waals surface area contributed by atoms with Crippen LogP contribution in [-0.2, 0) is 22.6 Å². The van der Waals surface area contributed by atoms with Gasteiger partial charge in [0.25, 0.3) is 11.1 Å². The van der Waals surface area contributed by atoms with E-state index in [0.29, 0.717) is 37.2 Å². The first-order chi connectivity index (χ1) is 31.4. The lowest BCUT2D eigenvalue weighted by atomic mass is 9.63. The monoisotopic (exact) mass is 915 g/mol. The first-order valence-electron chi connectivity index (χ1n) is 23.8. The summed E-state index contributed by atoms with van der Waals surface area (Å²) >= 11 is 0. The fourth-order valence-corrected chi connectivity index (χ4v) is 8.98. The molecule has 6 atom stereocenters. The molecule has 0 bridgehead atoms. The van der Waals surface area contributed by atoms with Crippen molar-refractivity contribution in [2.24, 2.45) is 10.8 Å². The van der Waals surface area contributed by atoms with Crippen molar-refractivity contribution < 1.29 is 29.9 Å². The van der Waals surface area contributed by atoms with Gasteiger partial charge in [-0.3, -0.25) is 27.9 Å². The highest BCUT2D eigenvalue weighted by Gasteiger charge is 2.37. The Bertz CT molecular complexity index is 2340. The van der Waals surface area contributed by atoms with E-state index in [-0.39, 0.29) is 46.2 Å². The molecule has 362 valence electrons. The van der Waals surface area contributed by atoms with Crippen molar-refractivity contribution in [1.82, 2.24) is 38.2 Å². The number of hydrogen-bond acceptors (Lipinski definition) is 12. The van der Waals surface area contributed by atoms with Crippen LogP contribution >= 0.6 is 0 Å². The van der Waals surface area contributed by atoms with Crippen LogP contribution in [0, 0.1) is 10.8 Å². The van der Waals surface area contributed by atoms with E-state index in [1.54, 1.807) is 18.3 Å². The van der Waals surface area contributed by atoms with Gasteiger partial charge in [-0.25, -0.2) is 19.9 Å². The van der Waals surface area contributed by atoms with E-state index in [1.165, 1.54) is 60.4 Å². The Labute approximate surface area is 388 Å². The molecule has 0 saturated carbocycles. The van der Waals surface area contributed by atoms with Crippen LogP contribution in [0.15, 0.2) is 81.5 Å². The van der Waals surface area contributed by atoms with Crippen LogP contribution in [0.4, 0.5) is 0 Å². The smallest absolute Gasteiger partial charge is 0.281 e. The van der Waals surface area contributed by atoms with Crippen LogP contribution in [0.5, 0.6) is 0 Å². The van der Waals surface area contributed by atoms with Gasteiger partial charge in [-0.2, -0.15) is 0 Å². The molecule has 2 saturated heterocycles. The molecule has 4 aromatic rings.